The largest absolute Gasteiger partial charge is 0.370 e. The van der Waals surface area contributed by atoms with Crippen LogP contribution in [-0.2, 0) is 9.53 Å². The molecule has 1 aliphatic rings. The van der Waals surface area contributed by atoms with E-state index in [1.165, 1.54) is 0 Å². The average Bonchev–Trinajstić information content (AvgIpc) is 2.21. The summed E-state index contributed by atoms with van der Waals surface area (Å²) < 4.78 is 5.04. The Hall–Kier alpha value is -1.08. The first-order valence-corrected chi connectivity index (χ1v) is 5.32. The van der Waals surface area contributed by atoms with Gasteiger partial charge in [0.2, 0.25) is 5.91 Å². The van der Waals surface area contributed by atoms with Crippen LogP contribution in [0.5, 0.6) is 0 Å². The van der Waals surface area contributed by atoms with Crippen molar-refractivity contribution in [3.8, 4) is 6.07 Å². The average molecular weight is 210 g/mol. The zero-order valence-electron chi connectivity index (χ0n) is 9.45. The maximum absolute atomic E-state index is 11.4. The number of carbonyl (C=O) groups is 1. The lowest BCUT2D eigenvalue weighted by atomic mass is 9.90. The maximum Gasteiger partial charge on any atom is 0.248 e. The van der Waals surface area contributed by atoms with Gasteiger partial charge in [0.05, 0.1) is 18.1 Å². The molecule has 0 aliphatic carbocycles. The Balaban J connectivity index is 2.25. The number of carbonyl (C=O) groups excluding carboxylic acids is 1. The number of hydrogen-bond donors (Lipinski definition) is 0. The molecule has 0 aromatic carbocycles. The quantitative estimate of drug-likeness (QED) is 0.700. The molecule has 4 heteroatoms. The van der Waals surface area contributed by atoms with Crippen LogP contribution in [0.25, 0.3) is 0 Å². The number of amides is 1. The van der Waals surface area contributed by atoms with Gasteiger partial charge in [-0.1, -0.05) is 0 Å². The molecule has 1 aliphatic heterocycles. The van der Waals surface area contributed by atoms with Crippen LogP contribution in [-0.4, -0.2) is 37.1 Å². The summed E-state index contributed by atoms with van der Waals surface area (Å²) in [6.07, 6.45) is 1.71. The molecule has 0 aromatic heterocycles. The summed E-state index contributed by atoms with van der Waals surface area (Å²) in [6, 6.07) is 2.26. The smallest absolute Gasteiger partial charge is 0.248 e. The Labute approximate surface area is 90.8 Å². The Morgan fingerprint density at radius 3 is 2.93 bits per heavy atom. The van der Waals surface area contributed by atoms with Gasteiger partial charge >= 0.3 is 0 Å². The highest BCUT2D eigenvalue weighted by molar-refractivity contribution is 5.77. The van der Waals surface area contributed by atoms with E-state index >= 15 is 0 Å². The number of hydrogen-bond acceptors (Lipinski definition) is 3. The van der Waals surface area contributed by atoms with E-state index < -0.39 is 0 Å². The number of morpholine rings is 1. The van der Waals surface area contributed by atoms with Crippen molar-refractivity contribution >= 4 is 5.91 Å². The topological polar surface area (TPSA) is 53.3 Å². The van der Waals surface area contributed by atoms with Gasteiger partial charge in [0.25, 0.3) is 0 Å². The molecule has 1 fully saturated rings. The summed E-state index contributed by atoms with van der Waals surface area (Å²) in [5, 5.41) is 8.83. The Kier molecular flexibility index (Phi) is 4.10. The summed E-state index contributed by atoms with van der Waals surface area (Å²) in [4.78, 5) is 13.2. The third kappa shape index (κ3) is 3.88. The van der Waals surface area contributed by atoms with Crippen molar-refractivity contribution in [2.75, 3.05) is 26.3 Å². The zero-order chi connectivity index (χ0) is 11.3. The van der Waals surface area contributed by atoms with Crippen molar-refractivity contribution in [3.05, 3.63) is 0 Å². The van der Waals surface area contributed by atoms with Crippen LogP contribution in [0.4, 0.5) is 0 Å². The molecule has 1 rings (SSSR count). The molecule has 1 heterocycles. The van der Waals surface area contributed by atoms with Gasteiger partial charge in [-0.05, 0) is 26.7 Å². The maximum atomic E-state index is 11.4. The highest BCUT2D eigenvalue weighted by atomic mass is 16.5. The van der Waals surface area contributed by atoms with E-state index in [1.807, 2.05) is 18.7 Å². The second-order valence-corrected chi connectivity index (χ2v) is 4.53. The van der Waals surface area contributed by atoms with Crippen molar-refractivity contribution in [3.63, 3.8) is 0 Å². The van der Waals surface area contributed by atoms with Crippen molar-refractivity contribution < 1.29 is 9.53 Å². The summed E-state index contributed by atoms with van der Waals surface area (Å²) >= 11 is 0. The van der Waals surface area contributed by atoms with E-state index in [2.05, 4.69) is 6.07 Å². The lowest BCUT2D eigenvalue weighted by Gasteiger charge is -2.27. The standard InChI is InChI=1S/C11H18N2O2/c1-11(2,9-12)4-3-5-13-6-7-15-8-10(13)14/h3-8H2,1-2H3. The monoisotopic (exact) mass is 210 g/mol. The van der Waals surface area contributed by atoms with Gasteiger partial charge in [-0.2, -0.15) is 5.26 Å². The minimum atomic E-state index is -0.282. The molecular formula is C11H18N2O2. The van der Waals surface area contributed by atoms with E-state index in [1.54, 1.807) is 0 Å². The lowest BCUT2D eigenvalue weighted by Crippen LogP contribution is -2.42. The summed E-state index contributed by atoms with van der Waals surface area (Å²) in [5.41, 5.74) is -0.282. The van der Waals surface area contributed by atoms with E-state index in [0.717, 1.165) is 19.4 Å². The number of nitrogens with zero attached hydrogens (tertiary/aromatic N) is 2. The molecule has 0 radical (unpaired) electrons. The second-order valence-electron chi connectivity index (χ2n) is 4.53. The SMILES string of the molecule is CC(C)(C#N)CCCN1CCOCC1=O. The Bertz CT molecular complexity index is 268. The summed E-state index contributed by atoms with van der Waals surface area (Å²) in [6.45, 7) is 6.12. The van der Waals surface area contributed by atoms with Crippen LogP contribution in [0.2, 0.25) is 0 Å². The van der Waals surface area contributed by atoms with Crippen LogP contribution in [0, 0.1) is 16.7 Å². The Morgan fingerprint density at radius 2 is 2.33 bits per heavy atom. The number of rotatable bonds is 4. The van der Waals surface area contributed by atoms with Crippen LogP contribution < -0.4 is 0 Å². The molecule has 15 heavy (non-hydrogen) atoms. The number of nitriles is 1. The fourth-order valence-corrected chi connectivity index (χ4v) is 1.55. The predicted octanol–water partition coefficient (Wildman–Crippen LogP) is 1.18. The molecule has 0 saturated carbocycles. The minimum Gasteiger partial charge on any atom is -0.370 e. The van der Waals surface area contributed by atoms with Gasteiger partial charge in [-0.25, -0.2) is 0 Å². The van der Waals surface area contributed by atoms with Crippen molar-refractivity contribution in [1.29, 1.82) is 5.26 Å². The van der Waals surface area contributed by atoms with E-state index in [9.17, 15) is 4.79 Å². The molecule has 0 N–H and O–H groups in total. The van der Waals surface area contributed by atoms with Crippen molar-refractivity contribution in [2.45, 2.75) is 26.7 Å². The predicted molar refractivity (Wildman–Crippen MR) is 56.0 cm³/mol. The molecule has 0 bridgehead atoms. The van der Waals surface area contributed by atoms with Crippen molar-refractivity contribution in [2.24, 2.45) is 5.41 Å². The normalized spacial score (nSPS) is 17.7. The molecule has 0 unspecified atom stereocenters. The van der Waals surface area contributed by atoms with Gasteiger partial charge < -0.3 is 9.64 Å². The van der Waals surface area contributed by atoms with Gasteiger partial charge in [0, 0.05) is 13.1 Å². The first-order valence-electron chi connectivity index (χ1n) is 5.32. The highest BCUT2D eigenvalue weighted by Crippen LogP contribution is 2.20. The molecule has 0 spiro atoms. The highest BCUT2D eigenvalue weighted by Gasteiger charge is 2.20. The fraction of sp³-hybridized carbons (Fsp3) is 0.818. The molecule has 0 atom stereocenters. The van der Waals surface area contributed by atoms with Gasteiger partial charge in [0.1, 0.15) is 6.61 Å². The molecule has 1 amide bonds. The third-order valence-electron chi connectivity index (χ3n) is 2.62. The van der Waals surface area contributed by atoms with Crippen LogP contribution in [0.1, 0.15) is 26.7 Å². The Morgan fingerprint density at radius 1 is 1.60 bits per heavy atom. The lowest BCUT2D eigenvalue weighted by molar-refractivity contribution is -0.142. The first-order chi connectivity index (χ1) is 7.05. The molecule has 0 aromatic rings. The van der Waals surface area contributed by atoms with E-state index in [-0.39, 0.29) is 17.9 Å². The molecule has 4 nitrogen and oxygen atoms in total. The van der Waals surface area contributed by atoms with Gasteiger partial charge in [-0.3, -0.25) is 4.79 Å². The minimum absolute atomic E-state index is 0.0658. The first kappa shape index (κ1) is 12.0. The third-order valence-corrected chi connectivity index (χ3v) is 2.62. The van der Waals surface area contributed by atoms with Crippen LogP contribution in [0.3, 0.4) is 0 Å². The van der Waals surface area contributed by atoms with Gasteiger partial charge in [-0.15, -0.1) is 0 Å². The second kappa shape index (κ2) is 5.13. The molecule has 1 saturated heterocycles. The van der Waals surface area contributed by atoms with E-state index in [0.29, 0.717) is 13.2 Å². The number of ether oxygens (including phenoxy) is 1. The summed E-state index contributed by atoms with van der Waals surface area (Å²) in [5.74, 6) is 0.0658. The molecular weight excluding hydrogens is 192 g/mol. The zero-order valence-corrected chi connectivity index (χ0v) is 9.45. The fourth-order valence-electron chi connectivity index (χ4n) is 1.55. The summed E-state index contributed by atoms with van der Waals surface area (Å²) in [7, 11) is 0. The van der Waals surface area contributed by atoms with Crippen molar-refractivity contribution in [1.82, 2.24) is 4.90 Å². The van der Waals surface area contributed by atoms with Crippen LogP contribution >= 0.6 is 0 Å². The van der Waals surface area contributed by atoms with Gasteiger partial charge in [0.15, 0.2) is 0 Å². The molecule has 84 valence electrons. The van der Waals surface area contributed by atoms with Crippen LogP contribution in [0.15, 0.2) is 0 Å². The van der Waals surface area contributed by atoms with E-state index in [4.69, 9.17) is 10.00 Å².